The Morgan fingerprint density at radius 1 is 1.27 bits per heavy atom. The molecule has 1 fully saturated rings. The minimum Gasteiger partial charge on any atom is -0.444 e. The van der Waals surface area contributed by atoms with Gasteiger partial charge in [-0.25, -0.2) is 4.79 Å². The van der Waals surface area contributed by atoms with Crippen LogP contribution < -0.4 is 5.32 Å². The minimum absolute atomic E-state index is 0.0226. The Bertz CT molecular complexity index is 679. The molecule has 0 radical (unpaired) electrons. The Morgan fingerprint density at radius 3 is 2.62 bits per heavy atom. The third kappa shape index (κ3) is 5.07. The van der Waals surface area contributed by atoms with Gasteiger partial charge in [0.15, 0.2) is 5.78 Å². The second kappa shape index (κ2) is 8.34. The molecule has 1 saturated heterocycles. The second-order valence-corrected chi connectivity index (χ2v) is 7.45. The molecule has 2 rings (SSSR count). The number of aryl methyl sites for hydroxylation is 1. The van der Waals surface area contributed by atoms with Crippen LogP contribution in [0, 0.1) is 0 Å². The molecule has 142 valence electrons. The van der Waals surface area contributed by atoms with Gasteiger partial charge in [0.1, 0.15) is 5.60 Å². The predicted octanol–water partition coefficient (Wildman–Crippen LogP) is 2.95. The Hall–Kier alpha value is -2.37. The number of hydrogen-bond donors (Lipinski definition) is 1. The summed E-state index contributed by atoms with van der Waals surface area (Å²) >= 11 is 0. The van der Waals surface area contributed by atoms with Crippen LogP contribution in [-0.4, -0.2) is 47.4 Å². The molecule has 0 spiro atoms. The number of alkyl carbamates (subject to hydrolysis) is 1. The van der Waals surface area contributed by atoms with Gasteiger partial charge in [0.25, 0.3) is 0 Å². The van der Waals surface area contributed by atoms with Crippen molar-refractivity contribution in [2.75, 3.05) is 13.1 Å². The lowest BCUT2D eigenvalue weighted by atomic mass is 9.96. The van der Waals surface area contributed by atoms with Gasteiger partial charge in [0.05, 0.1) is 6.04 Å². The van der Waals surface area contributed by atoms with Crippen LogP contribution in [0.5, 0.6) is 0 Å². The van der Waals surface area contributed by atoms with Gasteiger partial charge < -0.3 is 15.0 Å². The number of benzene rings is 1. The number of carbonyl (C=O) groups excluding carboxylic acids is 3. The molecule has 1 aromatic rings. The number of nitrogens with zero attached hydrogens (tertiary/aromatic N) is 1. The van der Waals surface area contributed by atoms with Gasteiger partial charge in [-0.1, -0.05) is 31.2 Å². The van der Waals surface area contributed by atoms with Crippen LogP contribution in [-0.2, 0) is 16.0 Å². The number of likely N-dealkylation sites (tertiary alicyclic amines) is 1. The van der Waals surface area contributed by atoms with Crippen LogP contribution in [0.4, 0.5) is 4.79 Å². The van der Waals surface area contributed by atoms with E-state index in [1.54, 1.807) is 25.7 Å². The van der Waals surface area contributed by atoms with Gasteiger partial charge >= 0.3 is 6.09 Å². The molecule has 6 heteroatoms. The van der Waals surface area contributed by atoms with Crippen molar-refractivity contribution in [3.05, 3.63) is 35.4 Å². The summed E-state index contributed by atoms with van der Waals surface area (Å²) < 4.78 is 5.18. The molecule has 6 nitrogen and oxygen atoms in total. The number of nitrogens with one attached hydrogen (secondary N) is 1. The SMILES string of the molecule is CCc1ccccc1C(=O)[C@@H]1CCC(=O)N1CCNC(=O)OC(C)(C)C. The van der Waals surface area contributed by atoms with Crippen LogP contribution in [0.2, 0.25) is 0 Å². The first kappa shape index (κ1) is 19.9. The van der Waals surface area contributed by atoms with E-state index in [2.05, 4.69) is 5.32 Å². The fraction of sp³-hybridized carbons (Fsp3) is 0.550. The van der Waals surface area contributed by atoms with Crippen molar-refractivity contribution in [2.24, 2.45) is 0 Å². The third-order valence-electron chi connectivity index (χ3n) is 4.32. The van der Waals surface area contributed by atoms with Gasteiger partial charge in [-0.3, -0.25) is 9.59 Å². The fourth-order valence-corrected chi connectivity index (χ4v) is 3.13. The van der Waals surface area contributed by atoms with Crippen LogP contribution in [0.1, 0.15) is 56.5 Å². The quantitative estimate of drug-likeness (QED) is 0.792. The summed E-state index contributed by atoms with van der Waals surface area (Å²) in [6.45, 7) is 7.92. The molecule has 0 aliphatic carbocycles. The average molecular weight is 360 g/mol. The van der Waals surface area contributed by atoms with Crippen LogP contribution in [0.25, 0.3) is 0 Å². The molecule has 0 unspecified atom stereocenters. The van der Waals surface area contributed by atoms with E-state index in [0.29, 0.717) is 24.9 Å². The zero-order chi connectivity index (χ0) is 19.3. The number of amides is 2. The molecule has 1 N–H and O–H groups in total. The molecule has 1 aromatic carbocycles. The predicted molar refractivity (Wildman–Crippen MR) is 99.1 cm³/mol. The molecule has 1 aliphatic rings. The Labute approximate surface area is 154 Å². The molecule has 0 bridgehead atoms. The number of hydrogen-bond acceptors (Lipinski definition) is 4. The summed E-state index contributed by atoms with van der Waals surface area (Å²) in [6.07, 6.45) is 1.12. The van der Waals surface area contributed by atoms with Crippen LogP contribution in [0.15, 0.2) is 24.3 Å². The molecule has 26 heavy (non-hydrogen) atoms. The lowest BCUT2D eigenvalue weighted by molar-refractivity contribution is -0.128. The normalized spacial score (nSPS) is 17.3. The molecular formula is C20H28N2O4. The number of ketones is 1. The standard InChI is InChI=1S/C20H28N2O4/c1-5-14-8-6-7-9-15(14)18(24)16-10-11-17(23)22(16)13-12-21-19(25)26-20(2,3)4/h6-9,16H,5,10-13H2,1-4H3,(H,21,25)/t16-/m0/s1. The lowest BCUT2D eigenvalue weighted by Crippen LogP contribution is -2.44. The zero-order valence-electron chi connectivity index (χ0n) is 16.0. The molecular weight excluding hydrogens is 332 g/mol. The molecule has 1 heterocycles. The number of carbonyl (C=O) groups is 3. The van der Waals surface area contributed by atoms with Crippen molar-refractivity contribution in [1.29, 1.82) is 0 Å². The monoisotopic (exact) mass is 360 g/mol. The Balaban J connectivity index is 2.00. The minimum atomic E-state index is -0.574. The second-order valence-electron chi connectivity index (χ2n) is 7.45. The highest BCUT2D eigenvalue weighted by molar-refractivity contribution is 6.04. The van der Waals surface area contributed by atoms with Crippen LogP contribution >= 0.6 is 0 Å². The van der Waals surface area contributed by atoms with E-state index in [9.17, 15) is 14.4 Å². The largest absolute Gasteiger partial charge is 0.444 e. The molecule has 1 atom stereocenters. The van der Waals surface area contributed by atoms with E-state index in [1.165, 1.54) is 0 Å². The first-order valence-electron chi connectivity index (χ1n) is 9.11. The molecule has 0 aromatic heterocycles. The van der Waals surface area contributed by atoms with Gasteiger partial charge in [-0.15, -0.1) is 0 Å². The van der Waals surface area contributed by atoms with Crippen molar-refractivity contribution >= 4 is 17.8 Å². The maximum Gasteiger partial charge on any atom is 0.407 e. The summed E-state index contributed by atoms with van der Waals surface area (Å²) in [5.74, 6) is -0.0751. The van der Waals surface area contributed by atoms with Gasteiger partial charge in [0, 0.05) is 25.1 Å². The Morgan fingerprint density at radius 2 is 1.96 bits per heavy atom. The van der Waals surface area contributed by atoms with Gasteiger partial charge in [-0.05, 0) is 39.2 Å². The topological polar surface area (TPSA) is 75.7 Å². The molecule has 2 amide bonds. The van der Waals surface area contributed by atoms with Crippen molar-refractivity contribution < 1.29 is 19.1 Å². The lowest BCUT2D eigenvalue weighted by Gasteiger charge is -2.25. The third-order valence-corrected chi connectivity index (χ3v) is 4.32. The molecule has 1 aliphatic heterocycles. The number of Topliss-reactive ketones (excluding diaryl/α,β-unsaturated/α-hetero) is 1. The van der Waals surface area contributed by atoms with Crippen molar-refractivity contribution in [3.8, 4) is 0 Å². The number of rotatable bonds is 6. The highest BCUT2D eigenvalue weighted by atomic mass is 16.6. The summed E-state index contributed by atoms with van der Waals surface area (Å²) in [6, 6.07) is 7.06. The van der Waals surface area contributed by atoms with Gasteiger partial charge in [-0.2, -0.15) is 0 Å². The van der Waals surface area contributed by atoms with E-state index < -0.39 is 17.7 Å². The van der Waals surface area contributed by atoms with E-state index in [-0.39, 0.29) is 18.2 Å². The van der Waals surface area contributed by atoms with E-state index >= 15 is 0 Å². The van der Waals surface area contributed by atoms with Crippen molar-refractivity contribution in [2.45, 2.75) is 58.6 Å². The highest BCUT2D eigenvalue weighted by Gasteiger charge is 2.36. The average Bonchev–Trinajstić information content (AvgIpc) is 2.93. The Kier molecular flexibility index (Phi) is 6.40. The smallest absolute Gasteiger partial charge is 0.407 e. The van der Waals surface area contributed by atoms with Gasteiger partial charge in [0.2, 0.25) is 5.91 Å². The van der Waals surface area contributed by atoms with Crippen molar-refractivity contribution in [3.63, 3.8) is 0 Å². The van der Waals surface area contributed by atoms with Crippen molar-refractivity contribution in [1.82, 2.24) is 10.2 Å². The maximum absolute atomic E-state index is 13.0. The number of ether oxygens (including phenoxy) is 1. The zero-order valence-corrected chi connectivity index (χ0v) is 16.0. The summed E-state index contributed by atoms with van der Waals surface area (Å²) in [5, 5.41) is 2.64. The summed E-state index contributed by atoms with van der Waals surface area (Å²) in [5.41, 5.74) is 1.10. The van der Waals surface area contributed by atoms with E-state index in [1.807, 2.05) is 31.2 Å². The first-order valence-corrected chi connectivity index (χ1v) is 9.11. The van der Waals surface area contributed by atoms with E-state index in [4.69, 9.17) is 4.74 Å². The fourth-order valence-electron chi connectivity index (χ4n) is 3.13. The van der Waals surface area contributed by atoms with Crippen LogP contribution in [0.3, 0.4) is 0 Å². The highest BCUT2D eigenvalue weighted by Crippen LogP contribution is 2.24. The summed E-state index contributed by atoms with van der Waals surface area (Å²) in [7, 11) is 0. The van der Waals surface area contributed by atoms with E-state index in [0.717, 1.165) is 12.0 Å². The molecule has 0 saturated carbocycles. The maximum atomic E-state index is 13.0. The first-order chi connectivity index (χ1) is 12.2. The summed E-state index contributed by atoms with van der Waals surface area (Å²) in [4.78, 5) is 38.5.